The molecule has 14 heteroatoms. The topological polar surface area (TPSA) is 163 Å². The molecular weight excluding hydrogens is 675 g/mol. The summed E-state index contributed by atoms with van der Waals surface area (Å²) in [5.74, 6) is -2.89. The van der Waals surface area contributed by atoms with Gasteiger partial charge in [-0.25, -0.2) is 8.42 Å². The molecule has 290 valence electrons. The predicted octanol–water partition coefficient (Wildman–Crippen LogP) is 2.94. The van der Waals surface area contributed by atoms with Gasteiger partial charge in [-0.15, -0.1) is 0 Å². The summed E-state index contributed by atoms with van der Waals surface area (Å²) in [6.07, 6.45) is 0.501. The summed E-state index contributed by atoms with van der Waals surface area (Å²) in [5.41, 5.74) is 0.551. The van der Waals surface area contributed by atoms with Gasteiger partial charge in [0.05, 0.1) is 48.4 Å². The van der Waals surface area contributed by atoms with Crippen LogP contribution in [0.2, 0.25) is 0 Å². The number of rotatable bonds is 20. The Morgan fingerprint density at radius 1 is 0.941 bits per heavy atom. The molecular formula is C37H63N5O8S. The van der Waals surface area contributed by atoms with Crippen LogP contribution in [0.15, 0.2) is 30.3 Å². The number of ether oxygens (including phenoxy) is 2. The molecule has 0 bridgehead atoms. The number of likely N-dealkylation sites (tertiary alicyclic amines) is 1. The van der Waals surface area contributed by atoms with Gasteiger partial charge in [-0.3, -0.25) is 23.9 Å². The van der Waals surface area contributed by atoms with Crippen molar-refractivity contribution in [3.05, 3.63) is 35.9 Å². The zero-order chi connectivity index (χ0) is 38.6. The zero-order valence-corrected chi connectivity index (χ0v) is 33.3. The number of carbonyl (C=O) groups is 4. The average Bonchev–Trinajstić information content (AvgIpc) is 3.56. The van der Waals surface area contributed by atoms with Gasteiger partial charge in [0.25, 0.3) is 0 Å². The van der Waals surface area contributed by atoms with E-state index in [2.05, 4.69) is 15.4 Å². The molecule has 0 radical (unpaired) electrons. The fourth-order valence-electron chi connectivity index (χ4n) is 7.13. The Labute approximate surface area is 306 Å². The molecule has 0 spiro atoms. The Morgan fingerprint density at radius 3 is 2.06 bits per heavy atom. The molecule has 51 heavy (non-hydrogen) atoms. The van der Waals surface area contributed by atoms with Crippen LogP contribution in [-0.2, 0) is 44.4 Å². The minimum Gasteiger partial charge on any atom is -0.379 e. The predicted molar refractivity (Wildman–Crippen MR) is 198 cm³/mol. The minimum atomic E-state index is -3.97. The lowest BCUT2D eigenvalue weighted by molar-refractivity contribution is -0.147. The summed E-state index contributed by atoms with van der Waals surface area (Å²) < 4.78 is 39.6. The Kier molecular flexibility index (Phi) is 17.5. The maximum Gasteiger partial charge on any atom is 0.245 e. The summed E-state index contributed by atoms with van der Waals surface area (Å²) in [6.45, 7) is 13.7. The molecule has 13 nitrogen and oxygen atoms in total. The van der Waals surface area contributed by atoms with Gasteiger partial charge in [-0.2, -0.15) is 0 Å². The van der Waals surface area contributed by atoms with E-state index >= 15 is 0 Å². The molecule has 1 unspecified atom stereocenters. The lowest BCUT2D eigenvalue weighted by Crippen LogP contribution is -2.59. The van der Waals surface area contributed by atoms with Crippen molar-refractivity contribution in [1.82, 2.24) is 25.2 Å². The van der Waals surface area contributed by atoms with Crippen LogP contribution in [0.3, 0.4) is 0 Å². The number of carbonyl (C=O) groups excluding carboxylic acids is 4. The highest BCUT2D eigenvalue weighted by molar-refractivity contribution is 7.89. The standard InChI is InChI=1S/C37H63N5O8S/c1-12-25(6)33(41(9)37(46)32(24(4)5)39-36(45)31(38-8)23(2)3)29(49-10)21-30(43)42-20-16-19-28(42)34(50-11)26(7)35(44)40-51(47,48)22-27-17-14-13-15-18-27/h13-15,17-18,23-26,28-29,31-34,38H,12,16,19-22H2,1-11H3,(H,39,45)(H,40,44)/t25-,26+,28-,29+,31?,32-,33-,34+/m0/s1. The lowest BCUT2D eigenvalue weighted by atomic mass is 9.89. The fraction of sp³-hybridized carbons (Fsp3) is 0.730. The Hall–Kier alpha value is -3.07. The van der Waals surface area contributed by atoms with Gasteiger partial charge in [0.1, 0.15) is 6.04 Å². The largest absolute Gasteiger partial charge is 0.379 e. The zero-order valence-electron chi connectivity index (χ0n) is 32.5. The first-order valence-electron chi connectivity index (χ1n) is 18.1. The Morgan fingerprint density at radius 2 is 1.55 bits per heavy atom. The molecule has 1 aromatic rings. The summed E-state index contributed by atoms with van der Waals surface area (Å²) in [4.78, 5) is 57.9. The smallest absolute Gasteiger partial charge is 0.245 e. The summed E-state index contributed by atoms with van der Waals surface area (Å²) >= 11 is 0. The van der Waals surface area contributed by atoms with Crippen LogP contribution < -0.4 is 15.4 Å². The molecule has 1 heterocycles. The van der Waals surface area contributed by atoms with Crippen molar-refractivity contribution < 1.29 is 37.1 Å². The summed E-state index contributed by atoms with van der Waals surface area (Å²) in [6, 6.07) is 6.38. The van der Waals surface area contributed by atoms with Gasteiger partial charge in [-0.1, -0.05) is 85.2 Å². The van der Waals surface area contributed by atoms with Crippen molar-refractivity contribution in [2.24, 2.45) is 23.7 Å². The van der Waals surface area contributed by atoms with Crippen molar-refractivity contribution in [2.45, 2.75) is 116 Å². The average molecular weight is 738 g/mol. The molecule has 3 N–H and O–H groups in total. The van der Waals surface area contributed by atoms with Gasteiger partial charge in [0.2, 0.25) is 33.7 Å². The molecule has 2 rings (SSSR count). The third-order valence-electron chi connectivity index (χ3n) is 10.2. The second kappa shape index (κ2) is 20.2. The Balaban J connectivity index is 2.26. The van der Waals surface area contributed by atoms with Crippen molar-refractivity contribution >= 4 is 33.7 Å². The van der Waals surface area contributed by atoms with Crippen molar-refractivity contribution in [3.8, 4) is 0 Å². The molecule has 1 saturated heterocycles. The van der Waals surface area contributed by atoms with Gasteiger partial charge in [0, 0.05) is 27.8 Å². The van der Waals surface area contributed by atoms with E-state index in [9.17, 15) is 27.6 Å². The first kappa shape index (κ1) is 44.1. The van der Waals surface area contributed by atoms with E-state index in [0.717, 1.165) is 0 Å². The quantitative estimate of drug-likeness (QED) is 0.183. The van der Waals surface area contributed by atoms with Crippen LogP contribution in [0.1, 0.15) is 79.7 Å². The second-order valence-corrected chi connectivity index (χ2v) is 16.3. The van der Waals surface area contributed by atoms with Gasteiger partial charge < -0.3 is 29.9 Å². The molecule has 1 aliphatic heterocycles. The molecule has 4 amide bonds. The normalized spacial score (nSPS) is 19.2. The number of likely N-dealkylation sites (N-methyl/N-ethyl adjacent to an activating group) is 2. The van der Waals surface area contributed by atoms with Crippen molar-refractivity contribution in [1.29, 1.82) is 0 Å². The maximum atomic E-state index is 14.1. The van der Waals surface area contributed by atoms with E-state index in [1.807, 2.05) is 41.5 Å². The summed E-state index contributed by atoms with van der Waals surface area (Å²) in [7, 11) is 2.42. The first-order chi connectivity index (χ1) is 23.9. The van der Waals surface area contributed by atoms with E-state index < -0.39 is 58.2 Å². The van der Waals surface area contributed by atoms with Crippen LogP contribution >= 0.6 is 0 Å². The van der Waals surface area contributed by atoms with Crippen molar-refractivity contribution in [2.75, 3.05) is 34.9 Å². The number of nitrogens with one attached hydrogen (secondary N) is 3. The number of hydrogen-bond donors (Lipinski definition) is 3. The van der Waals surface area contributed by atoms with Gasteiger partial charge in [0.15, 0.2) is 0 Å². The minimum absolute atomic E-state index is 0.0181. The van der Waals surface area contributed by atoms with E-state index in [1.54, 1.807) is 61.2 Å². The number of amides is 4. The summed E-state index contributed by atoms with van der Waals surface area (Å²) in [5, 5.41) is 5.99. The van der Waals surface area contributed by atoms with Crippen LogP contribution in [-0.4, -0.2) is 113 Å². The SMILES string of the molecule is CC[C@H](C)[C@@H]([C@@H](CC(=O)N1CCC[C@H]1[C@H](OC)[C@@H](C)C(=O)NS(=O)(=O)Cc1ccccc1)OC)N(C)C(=O)[C@@H](NC(=O)C(NC)C(C)C)C(C)C. The molecule has 0 saturated carbocycles. The van der Waals surface area contributed by atoms with Crippen LogP contribution in [0, 0.1) is 23.7 Å². The number of nitrogens with zero attached hydrogens (tertiary/aromatic N) is 2. The van der Waals surface area contributed by atoms with E-state index in [1.165, 1.54) is 14.2 Å². The molecule has 1 aromatic carbocycles. The highest BCUT2D eigenvalue weighted by Gasteiger charge is 2.43. The number of sulfonamides is 1. The highest BCUT2D eigenvalue weighted by Crippen LogP contribution is 2.30. The number of methoxy groups -OCH3 is 2. The third-order valence-corrected chi connectivity index (χ3v) is 11.4. The van der Waals surface area contributed by atoms with E-state index in [4.69, 9.17) is 9.47 Å². The maximum absolute atomic E-state index is 14.1. The lowest BCUT2D eigenvalue weighted by Gasteiger charge is -2.41. The van der Waals surface area contributed by atoms with Gasteiger partial charge >= 0.3 is 0 Å². The van der Waals surface area contributed by atoms with Gasteiger partial charge in [-0.05, 0) is 43.2 Å². The third kappa shape index (κ3) is 12.0. The fourth-order valence-corrected chi connectivity index (χ4v) is 8.32. The second-order valence-electron chi connectivity index (χ2n) is 14.5. The van der Waals surface area contributed by atoms with Crippen LogP contribution in [0.25, 0.3) is 0 Å². The van der Waals surface area contributed by atoms with Crippen molar-refractivity contribution in [3.63, 3.8) is 0 Å². The number of hydrogen-bond acceptors (Lipinski definition) is 9. The molecule has 0 aromatic heterocycles. The van der Waals surface area contributed by atoms with Crippen LogP contribution in [0.4, 0.5) is 0 Å². The molecule has 0 aliphatic carbocycles. The van der Waals surface area contributed by atoms with E-state index in [-0.39, 0.29) is 47.6 Å². The van der Waals surface area contributed by atoms with Crippen LogP contribution in [0.5, 0.6) is 0 Å². The highest BCUT2D eigenvalue weighted by atomic mass is 32.2. The molecule has 8 atom stereocenters. The van der Waals surface area contributed by atoms with E-state index in [0.29, 0.717) is 31.4 Å². The number of benzene rings is 1. The first-order valence-corrected chi connectivity index (χ1v) is 19.8. The molecule has 1 aliphatic rings. The Bertz CT molecular complexity index is 1390. The molecule has 1 fully saturated rings. The monoisotopic (exact) mass is 737 g/mol.